The van der Waals surface area contributed by atoms with Crippen LogP contribution in [0.3, 0.4) is 0 Å². The molecule has 42 heavy (non-hydrogen) atoms. The van der Waals surface area contributed by atoms with E-state index in [0.29, 0.717) is 16.5 Å². The number of carbonyl (C=O) groups is 3. The van der Waals surface area contributed by atoms with Crippen LogP contribution >= 0.6 is 11.6 Å². The molecular formula is C34H26ClN3O4. The topological polar surface area (TPSA) is 88.1 Å². The minimum atomic E-state index is -1.08. The molecule has 2 unspecified atom stereocenters. The van der Waals surface area contributed by atoms with Crippen LogP contribution in [0.25, 0.3) is 0 Å². The highest BCUT2D eigenvalue weighted by atomic mass is 35.5. The van der Waals surface area contributed by atoms with E-state index < -0.39 is 17.3 Å². The van der Waals surface area contributed by atoms with E-state index in [9.17, 15) is 14.4 Å². The average Bonchev–Trinajstić information content (AvgIpc) is 3.28. The fourth-order valence-electron chi connectivity index (χ4n) is 7.09. The summed E-state index contributed by atoms with van der Waals surface area (Å²) in [7, 11) is 1.59. The molecule has 4 aromatic carbocycles. The number of carbonyl (C=O) groups excluding carboxylic acids is 3. The molecule has 3 aliphatic carbocycles. The monoisotopic (exact) mass is 575 g/mol. The minimum absolute atomic E-state index is 0.118. The van der Waals surface area contributed by atoms with Crippen LogP contribution in [0.4, 0.5) is 5.69 Å². The van der Waals surface area contributed by atoms with Gasteiger partial charge < -0.3 is 4.74 Å². The highest BCUT2D eigenvalue weighted by molar-refractivity contribution is 6.36. The maximum atomic E-state index is 14.4. The predicted octanol–water partition coefficient (Wildman–Crippen LogP) is 5.24. The first kappa shape index (κ1) is 26.2. The summed E-state index contributed by atoms with van der Waals surface area (Å²) in [6.07, 6.45) is 1.78. The Labute approximate surface area is 247 Å². The second kappa shape index (κ2) is 9.96. The number of ether oxygens (including phenoxy) is 1. The van der Waals surface area contributed by atoms with Crippen LogP contribution in [-0.4, -0.2) is 31.0 Å². The minimum Gasteiger partial charge on any atom is -0.497 e. The summed E-state index contributed by atoms with van der Waals surface area (Å²) in [6, 6.07) is 29.9. The number of imide groups is 1. The van der Waals surface area contributed by atoms with Gasteiger partial charge in [-0.15, -0.1) is 0 Å². The Hall–Kier alpha value is -4.75. The van der Waals surface area contributed by atoms with Crippen LogP contribution < -0.4 is 15.1 Å². The molecule has 8 heteroatoms. The standard InChI is InChI=1S/C34H26ClN3O4/c1-42-21-16-14-20(15-17-21)18-28(39)37-36-19-34-24-10-4-2-8-22(24)29(23-9-3-5-11-25(23)34)30-31(34)33(41)38(32(30)40)27-13-7-6-12-26(27)35/h2-17,19,29-31H,18H2,1H3,(H,37,39). The van der Waals surface area contributed by atoms with Gasteiger partial charge in [0.15, 0.2) is 0 Å². The van der Waals surface area contributed by atoms with Gasteiger partial charge >= 0.3 is 0 Å². The molecule has 0 radical (unpaired) electrons. The van der Waals surface area contributed by atoms with Crippen molar-refractivity contribution >= 4 is 41.2 Å². The van der Waals surface area contributed by atoms with Crippen molar-refractivity contribution in [3.8, 4) is 5.75 Å². The van der Waals surface area contributed by atoms with Crippen LogP contribution in [0, 0.1) is 11.8 Å². The van der Waals surface area contributed by atoms with Crippen molar-refractivity contribution in [2.45, 2.75) is 17.8 Å². The molecule has 1 fully saturated rings. The van der Waals surface area contributed by atoms with Crippen molar-refractivity contribution in [3.63, 3.8) is 0 Å². The van der Waals surface area contributed by atoms with Crippen LogP contribution in [0.1, 0.15) is 33.7 Å². The second-order valence-corrected chi connectivity index (χ2v) is 11.2. The molecule has 0 aromatic heterocycles. The first-order valence-corrected chi connectivity index (χ1v) is 14.1. The lowest BCUT2D eigenvalue weighted by molar-refractivity contribution is -0.123. The van der Waals surface area contributed by atoms with Crippen molar-refractivity contribution in [1.82, 2.24) is 5.43 Å². The smallest absolute Gasteiger partial charge is 0.244 e. The zero-order chi connectivity index (χ0) is 29.0. The molecule has 4 aromatic rings. The molecule has 1 saturated heterocycles. The third-order valence-electron chi connectivity index (χ3n) is 8.76. The summed E-state index contributed by atoms with van der Waals surface area (Å²) in [6.45, 7) is 0. The third-order valence-corrected chi connectivity index (χ3v) is 9.08. The fraction of sp³-hybridized carbons (Fsp3) is 0.176. The Balaban J connectivity index is 1.33. The first-order chi connectivity index (χ1) is 20.5. The van der Waals surface area contributed by atoms with Crippen molar-refractivity contribution in [3.05, 3.63) is 130 Å². The van der Waals surface area contributed by atoms with E-state index in [1.54, 1.807) is 49.7 Å². The largest absolute Gasteiger partial charge is 0.497 e. The molecule has 2 bridgehead atoms. The number of halogens is 1. The Morgan fingerprint density at radius 1 is 0.905 bits per heavy atom. The van der Waals surface area contributed by atoms with Gasteiger partial charge in [0.2, 0.25) is 17.7 Å². The average molecular weight is 576 g/mol. The SMILES string of the molecule is COc1ccc(CC(=O)NN=CC23c4ccccc4C(c4ccccc42)C2C(=O)N(c4ccccc4Cl)C(=O)C23)cc1. The van der Waals surface area contributed by atoms with E-state index in [2.05, 4.69) is 10.5 Å². The number of benzene rings is 4. The molecule has 1 N–H and O–H groups in total. The van der Waals surface area contributed by atoms with Gasteiger partial charge in [-0.1, -0.05) is 84.4 Å². The van der Waals surface area contributed by atoms with Crippen molar-refractivity contribution < 1.29 is 19.1 Å². The number of nitrogens with one attached hydrogen (secondary N) is 1. The normalized spacial score (nSPS) is 23.5. The van der Waals surface area contributed by atoms with Crippen molar-refractivity contribution in [2.75, 3.05) is 12.0 Å². The number of nitrogens with zero attached hydrogens (tertiary/aromatic N) is 2. The Morgan fingerprint density at radius 3 is 2.17 bits per heavy atom. The highest BCUT2D eigenvalue weighted by Crippen LogP contribution is 2.63. The van der Waals surface area contributed by atoms with Crippen LogP contribution in [0.5, 0.6) is 5.75 Å². The van der Waals surface area contributed by atoms with Gasteiger partial charge in [-0.2, -0.15) is 5.10 Å². The van der Waals surface area contributed by atoms with Gasteiger partial charge in [-0.25, -0.2) is 10.3 Å². The summed E-state index contributed by atoms with van der Waals surface area (Å²) < 4.78 is 5.20. The number of hydrogen-bond acceptors (Lipinski definition) is 5. The maximum absolute atomic E-state index is 14.4. The lowest BCUT2D eigenvalue weighted by Crippen LogP contribution is -2.54. The van der Waals surface area contributed by atoms with E-state index in [1.165, 1.54) is 4.90 Å². The van der Waals surface area contributed by atoms with Gasteiger partial charge in [0.25, 0.3) is 0 Å². The summed E-state index contributed by atoms with van der Waals surface area (Å²) in [5.74, 6) is -1.93. The molecule has 208 valence electrons. The lowest BCUT2D eigenvalue weighted by atomic mass is 9.47. The molecule has 0 spiro atoms. The summed E-state index contributed by atoms with van der Waals surface area (Å²) in [4.78, 5) is 42.8. The van der Waals surface area contributed by atoms with Gasteiger partial charge in [-0.05, 0) is 52.1 Å². The molecular weight excluding hydrogens is 550 g/mol. The van der Waals surface area contributed by atoms with Crippen molar-refractivity contribution in [1.29, 1.82) is 0 Å². The number of methoxy groups -OCH3 is 1. The summed E-state index contributed by atoms with van der Waals surface area (Å²) >= 11 is 6.51. The Kier molecular flexibility index (Phi) is 6.21. The Bertz CT molecular complexity index is 1740. The van der Waals surface area contributed by atoms with E-state index in [-0.39, 0.29) is 30.1 Å². The van der Waals surface area contributed by atoms with E-state index >= 15 is 0 Å². The number of rotatable bonds is 6. The van der Waals surface area contributed by atoms with E-state index in [0.717, 1.165) is 27.8 Å². The molecule has 0 saturated carbocycles. The van der Waals surface area contributed by atoms with Gasteiger partial charge in [-0.3, -0.25) is 14.4 Å². The number of para-hydroxylation sites is 1. The zero-order valence-corrected chi connectivity index (χ0v) is 23.4. The quantitative estimate of drug-likeness (QED) is 0.193. The molecule has 7 nitrogen and oxygen atoms in total. The maximum Gasteiger partial charge on any atom is 0.244 e. The molecule has 8 rings (SSSR count). The number of anilines is 1. The summed E-state index contributed by atoms with van der Waals surface area (Å²) in [5, 5.41) is 4.80. The van der Waals surface area contributed by atoms with Crippen LogP contribution in [0.2, 0.25) is 5.02 Å². The fourth-order valence-corrected chi connectivity index (χ4v) is 7.31. The van der Waals surface area contributed by atoms with Gasteiger partial charge in [0.05, 0.1) is 41.5 Å². The number of hydrazone groups is 1. The summed E-state index contributed by atoms with van der Waals surface area (Å²) in [5.41, 5.74) is 6.55. The second-order valence-electron chi connectivity index (χ2n) is 10.8. The molecule has 3 amide bonds. The molecule has 4 aliphatic rings. The highest BCUT2D eigenvalue weighted by Gasteiger charge is 2.68. The Morgan fingerprint density at radius 2 is 1.52 bits per heavy atom. The van der Waals surface area contributed by atoms with Crippen molar-refractivity contribution in [2.24, 2.45) is 16.9 Å². The predicted molar refractivity (Wildman–Crippen MR) is 160 cm³/mol. The number of hydrogen-bond donors (Lipinski definition) is 1. The van der Waals surface area contributed by atoms with E-state index in [1.807, 2.05) is 60.7 Å². The van der Waals surface area contributed by atoms with Gasteiger partial charge in [0.1, 0.15) is 5.75 Å². The molecule has 1 heterocycles. The van der Waals surface area contributed by atoms with Gasteiger partial charge in [0, 0.05) is 12.1 Å². The first-order valence-electron chi connectivity index (χ1n) is 13.7. The van der Waals surface area contributed by atoms with E-state index in [4.69, 9.17) is 16.3 Å². The molecule has 2 atom stereocenters. The number of amides is 3. The zero-order valence-electron chi connectivity index (χ0n) is 22.7. The lowest BCUT2D eigenvalue weighted by Gasteiger charge is -2.52. The molecule has 1 aliphatic heterocycles. The van der Waals surface area contributed by atoms with Crippen LogP contribution in [0.15, 0.2) is 102 Å². The third kappa shape index (κ3) is 3.73. The van der Waals surface area contributed by atoms with Crippen LogP contribution in [-0.2, 0) is 26.2 Å².